The zero-order valence-electron chi connectivity index (χ0n) is 10.4. The summed E-state index contributed by atoms with van der Waals surface area (Å²) in [6, 6.07) is 0. The first-order valence-corrected chi connectivity index (χ1v) is 9.10. The van der Waals surface area contributed by atoms with Crippen LogP contribution in [-0.2, 0) is 27.2 Å². The van der Waals surface area contributed by atoms with Crippen molar-refractivity contribution in [2.75, 3.05) is 5.90 Å². The first-order chi connectivity index (χ1) is 7.73. The predicted octanol–water partition coefficient (Wildman–Crippen LogP) is 2.98. The van der Waals surface area contributed by atoms with Crippen LogP contribution in [0.25, 0.3) is 0 Å². The normalized spacial score (nSPS) is 55.3. The second kappa shape index (κ2) is 4.44. The van der Waals surface area contributed by atoms with Crippen molar-refractivity contribution in [2.24, 2.45) is 0 Å². The highest BCUT2D eigenvalue weighted by atomic mass is 31.2. The van der Waals surface area contributed by atoms with E-state index >= 15 is 0 Å². The lowest BCUT2D eigenvalue weighted by Crippen LogP contribution is -2.13. The van der Waals surface area contributed by atoms with Crippen LogP contribution < -0.4 is 0 Å². The van der Waals surface area contributed by atoms with Crippen LogP contribution >= 0.6 is 15.2 Å². The maximum atomic E-state index is 12.2. The monoisotopic (exact) mass is 284 g/mol. The summed E-state index contributed by atoms with van der Waals surface area (Å²) < 4.78 is 45.5. The fourth-order valence-corrected chi connectivity index (χ4v) is 7.33. The summed E-state index contributed by atoms with van der Waals surface area (Å²) in [5, 5.41) is 0. The minimum absolute atomic E-state index is 0.273. The van der Waals surface area contributed by atoms with Crippen molar-refractivity contribution < 1.29 is 27.2 Å². The van der Waals surface area contributed by atoms with Crippen LogP contribution in [0.15, 0.2) is 0 Å². The minimum Gasteiger partial charge on any atom is -0.302 e. The van der Waals surface area contributed by atoms with Crippen molar-refractivity contribution in [3.63, 3.8) is 0 Å². The number of hydrogen-bond acceptors (Lipinski definition) is 6. The van der Waals surface area contributed by atoms with Crippen molar-refractivity contribution in [3.05, 3.63) is 0 Å². The molecule has 2 saturated heterocycles. The Bertz CT molecular complexity index is 333. The van der Waals surface area contributed by atoms with Crippen LogP contribution in [0.3, 0.4) is 0 Å². The maximum absolute atomic E-state index is 12.2. The molecule has 2 heterocycles. The standard InChI is InChI=1S/C9H18O6P2/c1-6-7(2)13-16(10,12-6)5-17(11)14-8(3)9(4)15-17/h6-9H,5H2,1-4H3/t6-,7+,8-,9+,16?,17?. The SMILES string of the molecule is C[C@@H]1OP(=O)(CP2(=O)O[C@@H](C)[C@@H](C)O2)O[C@@H]1C. The highest BCUT2D eigenvalue weighted by molar-refractivity contribution is 7.71. The summed E-state index contributed by atoms with van der Waals surface area (Å²) >= 11 is 0. The van der Waals surface area contributed by atoms with Gasteiger partial charge in [0.25, 0.3) is 0 Å². The summed E-state index contributed by atoms with van der Waals surface area (Å²) in [5.41, 5.74) is 0. The molecule has 17 heavy (non-hydrogen) atoms. The van der Waals surface area contributed by atoms with Gasteiger partial charge in [-0.15, -0.1) is 0 Å². The lowest BCUT2D eigenvalue weighted by molar-refractivity contribution is 0.187. The van der Waals surface area contributed by atoms with E-state index in [1.165, 1.54) is 0 Å². The van der Waals surface area contributed by atoms with Crippen molar-refractivity contribution in [3.8, 4) is 0 Å². The van der Waals surface area contributed by atoms with Crippen LogP contribution in [0.5, 0.6) is 0 Å². The third-order valence-electron chi connectivity index (χ3n) is 2.98. The van der Waals surface area contributed by atoms with Gasteiger partial charge < -0.3 is 18.1 Å². The largest absolute Gasteiger partial charge is 0.343 e. The molecule has 0 spiro atoms. The molecule has 0 N–H and O–H groups in total. The van der Waals surface area contributed by atoms with Crippen LogP contribution in [0, 0.1) is 0 Å². The third kappa shape index (κ3) is 2.83. The molecule has 6 atom stereocenters. The molecule has 0 aliphatic carbocycles. The topological polar surface area (TPSA) is 71.1 Å². The van der Waals surface area contributed by atoms with Gasteiger partial charge >= 0.3 is 15.2 Å². The van der Waals surface area contributed by atoms with Gasteiger partial charge in [-0.2, -0.15) is 0 Å². The lowest BCUT2D eigenvalue weighted by Gasteiger charge is -2.14. The Kier molecular flexibility index (Phi) is 3.59. The summed E-state index contributed by atoms with van der Waals surface area (Å²) in [5.74, 6) is -0.302. The molecular weight excluding hydrogens is 266 g/mol. The summed E-state index contributed by atoms with van der Waals surface area (Å²) in [7, 11) is -6.73. The molecule has 0 bridgehead atoms. The second-order valence-corrected chi connectivity index (χ2v) is 9.02. The molecule has 2 unspecified atom stereocenters. The van der Waals surface area contributed by atoms with Gasteiger partial charge in [0.15, 0.2) is 5.90 Å². The van der Waals surface area contributed by atoms with Gasteiger partial charge in [0.2, 0.25) is 0 Å². The van der Waals surface area contributed by atoms with Crippen LogP contribution in [0.4, 0.5) is 0 Å². The van der Waals surface area contributed by atoms with Gasteiger partial charge in [-0.3, -0.25) is 9.13 Å². The van der Waals surface area contributed by atoms with Gasteiger partial charge in [0, 0.05) is 0 Å². The Morgan fingerprint density at radius 3 is 1.18 bits per heavy atom. The van der Waals surface area contributed by atoms with E-state index in [2.05, 4.69) is 0 Å². The predicted molar refractivity (Wildman–Crippen MR) is 62.3 cm³/mol. The Balaban J connectivity index is 2.08. The molecule has 0 aromatic heterocycles. The zero-order valence-corrected chi connectivity index (χ0v) is 12.1. The zero-order chi connectivity index (χ0) is 12.8. The van der Waals surface area contributed by atoms with Gasteiger partial charge in [-0.05, 0) is 27.7 Å². The molecule has 0 aromatic carbocycles. The van der Waals surface area contributed by atoms with Gasteiger partial charge in [0.1, 0.15) is 0 Å². The minimum atomic E-state index is -3.36. The molecule has 2 aliphatic heterocycles. The Labute approximate surface area is 101 Å². The molecule has 0 saturated carbocycles. The number of hydrogen-bond donors (Lipinski definition) is 0. The molecular formula is C9H18O6P2. The molecule has 8 heteroatoms. The van der Waals surface area contributed by atoms with Gasteiger partial charge in [-0.1, -0.05) is 0 Å². The van der Waals surface area contributed by atoms with Crippen molar-refractivity contribution in [1.82, 2.24) is 0 Å². The lowest BCUT2D eigenvalue weighted by atomic mass is 10.3. The first-order valence-electron chi connectivity index (χ1n) is 5.65. The van der Waals surface area contributed by atoms with Crippen LogP contribution in [0.1, 0.15) is 27.7 Å². The Morgan fingerprint density at radius 1 is 0.706 bits per heavy atom. The average molecular weight is 284 g/mol. The second-order valence-electron chi connectivity index (χ2n) is 4.61. The third-order valence-corrected chi connectivity index (χ3v) is 8.36. The summed E-state index contributed by atoms with van der Waals surface area (Å²) in [6.07, 6.45) is -1.09. The van der Waals surface area contributed by atoms with E-state index in [-0.39, 0.29) is 30.3 Å². The molecule has 2 aliphatic rings. The van der Waals surface area contributed by atoms with E-state index < -0.39 is 15.2 Å². The van der Waals surface area contributed by atoms with E-state index in [0.717, 1.165) is 0 Å². The molecule has 100 valence electrons. The van der Waals surface area contributed by atoms with E-state index in [1.54, 1.807) is 27.7 Å². The van der Waals surface area contributed by atoms with Gasteiger partial charge in [-0.25, -0.2) is 0 Å². The summed E-state index contributed by atoms with van der Waals surface area (Å²) in [4.78, 5) is 0. The van der Waals surface area contributed by atoms with Gasteiger partial charge in [0.05, 0.1) is 24.4 Å². The molecule has 0 radical (unpaired) electrons. The molecule has 0 amide bonds. The van der Waals surface area contributed by atoms with E-state index in [4.69, 9.17) is 18.1 Å². The quantitative estimate of drug-likeness (QED) is 0.726. The summed E-state index contributed by atoms with van der Waals surface area (Å²) in [6.45, 7) is 7.06. The highest BCUT2D eigenvalue weighted by Crippen LogP contribution is 2.70. The van der Waals surface area contributed by atoms with E-state index in [1.807, 2.05) is 0 Å². The van der Waals surface area contributed by atoms with E-state index in [9.17, 15) is 9.13 Å². The van der Waals surface area contributed by atoms with E-state index in [0.29, 0.717) is 0 Å². The van der Waals surface area contributed by atoms with Crippen molar-refractivity contribution in [2.45, 2.75) is 52.1 Å². The number of rotatable bonds is 2. The van der Waals surface area contributed by atoms with Crippen LogP contribution in [-0.4, -0.2) is 30.3 Å². The highest BCUT2D eigenvalue weighted by Gasteiger charge is 2.50. The van der Waals surface area contributed by atoms with Crippen molar-refractivity contribution >= 4 is 15.2 Å². The average Bonchev–Trinajstić information content (AvgIpc) is 2.51. The fraction of sp³-hybridized carbons (Fsp3) is 1.00. The molecule has 0 aromatic rings. The van der Waals surface area contributed by atoms with Crippen LogP contribution in [0.2, 0.25) is 0 Å². The molecule has 2 fully saturated rings. The molecule has 6 nitrogen and oxygen atoms in total. The fourth-order valence-electron chi connectivity index (χ4n) is 1.75. The van der Waals surface area contributed by atoms with Crippen molar-refractivity contribution in [1.29, 1.82) is 0 Å². The maximum Gasteiger partial charge on any atom is 0.343 e. The Hall–Kier alpha value is 0.300. The Morgan fingerprint density at radius 2 is 0.941 bits per heavy atom. The smallest absolute Gasteiger partial charge is 0.302 e. The molecule has 2 rings (SSSR count). The first kappa shape index (κ1) is 13.7.